The van der Waals surface area contributed by atoms with E-state index in [0.29, 0.717) is 6.54 Å². The third-order valence-corrected chi connectivity index (χ3v) is 5.34. The van der Waals surface area contributed by atoms with Gasteiger partial charge in [-0.15, -0.1) is 0 Å². The second-order valence-electron chi connectivity index (χ2n) is 8.15. The molecule has 3 amide bonds. The fourth-order valence-electron chi connectivity index (χ4n) is 3.61. The molecule has 1 fully saturated rings. The normalized spacial score (nSPS) is 16.0. The highest BCUT2D eigenvalue weighted by Gasteiger charge is 2.29. The largest absolute Gasteiger partial charge is 0.459 e. The molecule has 8 nitrogen and oxygen atoms in total. The highest BCUT2D eigenvalue weighted by molar-refractivity contribution is 5.95. The molecule has 3 N–H and O–H groups in total. The SMILES string of the molecule is CC(C)C(NC(=O)c1ccco1)C(=O)NC1CCN(CC(=O)Nc2ccccc2)CC1. The number of para-hydroxylation sites is 1. The number of nitrogens with one attached hydrogen (secondary N) is 3. The van der Waals surface area contributed by atoms with Gasteiger partial charge in [0.05, 0.1) is 12.8 Å². The molecule has 0 aliphatic carbocycles. The molecule has 166 valence electrons. The molecule has 31 heavy (non-hydrogen) atoms. The Kier molecular flexibility index (Phi) is 7.83. The third-order valence-electron chi connectivity index (χ3n) is 5.34. The summed E-state index contributed by atoms with van der Waals surface area (Å²) in [7, 11) is 0. The van der Waals surface area contributed by atoms with E-state index in [-0.39, 0.29) is 29.5 Å². The lowest BCUT2D eigenvalue weighted by atomic mass is 10.0. The minimum Gasteiger partial charge on any atom is -0.459 e. The Balaban J connectivity index is 1.44. The Bertz CT molecular complexity index is 859. The number of nitrogens with zero attached hydrogens (tertiary/aromatic N) is 1. The number of likely N-dealkylation sites (tertiary alicyclic amines) is 1. The number of furan rings is 1. The molecule has 0 spiro atoms. The first-order valence-corrected chi connectivity index (χ1v) is 10.6. The zero-order chi connectivity index (χ0) is 22.2. The van der Waals surface area contributed by atoms with Crippen LogP contribution < -0.4 is 16.0 Å². The predicted octanol–water partition coefficient (Wildman–Crippen LogP) is 2.25. The average Bonchev–Trinajstić information content (AvgIpc) is 3.28. The number of anilines is 1. The van der Waals surface area contributed by atoms with Crippen molar-refractivity contribution in [1.82, 2.24) is 15.5 Å². The van der Waals surface area contributed by atoms with Crippen LogP contribution in [0.25, 0.3) is 0 Å². The van der Waals surface area contributed by atoms with Crippen molar-refractivity contribution in [1.29, 1.82) is 0 Å². The molecule has 0 bridgehead atoms. The molecule has 1 aromatic carbocycles. The van der Waals surface area contributed by atoms with Crippen LogP contribution in [0.15, 0.2) is 53.1 Å². The number of hydrogen-bond donors (Lipinski definition) is 3. The van der Waals surface area contributed by atoms with Gasteiger partial charge in [-0.25, -0.2) is 0 Å². The van der Waals surface area contributed by atoms with E-state index in [1.54, 1.807) is 12.1 Å². The Labute approximate surface area is 182 Å². The summed E-state index contributed by atoms with van der Waals surface area (Å²) < 4.78 is 5.10. The van der Waals surface area contributed by atoms with Crippen molar-refractivity contribution in [3.8, 4) is 0 Å². The summed E-state index contributed by atoms with van der Waals surface area (Å²) >= 11 is 0. The van der Waals surface area contributed by atoms with Crippen LogP contribution in [-0.4, -0.2) is 54.3 Å². The van der Waals surface area contributed by atoms with Gasteiger partial charge in [-0.2, -0.15) is 0 Å². The highest BCUT2D eigenvalue weighted by Crippen LogP contribution is 2.13. The maximum absolute atomic E-state index is 12.8. The Hall–Kier alpha value is -3.13. The minimum absolute atomic E-state index is 0.0164. The van der Waals surface area contributed by atoms with E-state index >= 15 is 0 Å². The van der Waals surface area contributed by atoms with Crippen molar-refractivity contribution in [2.75, 3.05) is 25.0 Å². The van der Waals surface area contributed by atoms with Gasteiger partial charge in [0.25, 0.3) is 5.91 Å². The van der Waals surface area contributed by atoms with Gasteiger partial charge in [-0.3, -0.25) is 19.3 Å². The Morgan fingerprint density at radius 1 is 1.06 bits per heavy atom. The van der Waals surface area contributed by atoms with Gasteiger partial charge in [0.15, 0.2) is 5.76 Å². The van der Waals surface area contributed by atoms with Gasteiger partial charge in [0.2, 0.25) is 11.8 Å². The van der Waals surface area contributed by atoms with Gasteiger partial charge in [0.1, 0.15) is 6.04 Å². The molecule has 2 aromatic rings. The topological polar surface area (TPSA) is 104 Å². The minimum atomic E-state index is -0.646. The molecule has 1 atom stereocenters. The van der Waals surface area contributed by atoms with Crippen LogP contribution >= 0.6 is 0 Å². The smallest absolute Gasteiger partial charge is 0.287 e. The van der Waals surface area contributed by atoms with E-state index < -0.39 is 11.9 Å². The van der Waals surface area contributed by atoms with Crippen LogP contribution in [0.5, 0.6) is 0 Å². The van der Waals surface area contributed by atoms with Crippen molar-refractivity contribution >= 4 is 23.4 Å². The first-order valence-electron chi connectivity index (χ1n) is 10.6. The zero-order valence-corrected chi connectivity index (χ0v) is 18.0. The summed E-state index contributed by atoms with van der Waals surface area (Å²) in [5.41, 5.74) is 0.783. The van der Waals surface area contributed by atoms with Crippen LogP contribution in [0.4, 0.5) is 5.69 Å². The number of carbonyl (C=O) groups is 3. The lowest BCUT2D eigenvalue weighted by Gasteiger charge is -2.33. The Morgan fingerprint density at radius 3 is 2.39 bits per heavy atom. The average molecular weight is 427 g/mol. The number of carbonyl (C=O) groups excluding carboxylic acids is 3. The number of rotatable bonds is 8. The Morgan fingerprint density at radius 2 is 1.77 bits per heavy atom. The fraction of sp³-hybridized carbons (Fsp3) is 0.435. The third kappa shape index (κ3) is 6.68. The number of piperidine rings is 1. The van der Waals surface area contributed by atoms with E-state index in [1.807, 2.05) is 44.2 Å². The van der Waals surface area contributed by atoms with Crippen molar-refractivity contribution in [2.24, 2.45) is 5.92 Å². The van der Waals surface area contributed by atoms with Crippen molar-refractivity contribution in [3.05, 3.63) is 54.5 Å². The molecule has 1 aromatic heterocycles. The first kappa shape index (κ1) is 22.6. The molecule has 0 radical (unpaired) electrons. The van der Waals surface area contributed by atoms with Crippen molar-refractivity contribution in [3.63, 3.8) is 0 Å². The van der Waals surface area contributed by atoms with Gasteiger partial charge in [-0.05, 0) is 43.0 Å². The molecule has 1 aliphatic rings. The quantitative estimate of drug-likeness (QED) is 0.601. The van der Waals surface area contributed by atoms with E-state index in [9.17, 15) is 14.4 Å². The predicted molar refractivity (Wildman–Crippen MR) is 117 cm³/mol. The number of hydrogen-bond acceptors (Lipinski definition) is 5. The maximum atomic E-state index is 12.8. The summed E-state index contributed by atoms with van der Waals surface area (Å²) in [6.45, 7) is 5.54. The maximum Gasteiger partial charge on any atom is 0.287 e. The fourth-order valence-corrected chi connectivity index (χ4v) is 3.61. The van der Waals surface area contributed by atoms with Crippen molar-refractivity contribution in [2.45, 2.75) is 38.8 Å². The van der Waals surface area contributed by atoms with Gasteiger partial charge < -0.3 is 20.4 Å². The van der Waals surface area contributed by atoms with Gasteiger partial charge in [-0.1, -0.05) is 32.0 Å². The van der Waals surface area contributed by atoms with Gasteiger partial charge in [0, 0.05) is 24.8 Å². The van der Waals surface area contributed by atoms with E-state index in [1.165, 1.54) is 6.26 Å². The standard InChI is InChI=1S/C23H30N4O4/c1-16(2)21(26-22(29)19-9-6-14-31-19)23(30)25-18-10-12-27(13-11-18)15-20(28)24-17-7-4-3-5-8-17/h3-9,14,16,18,21H,10-13,15H2,1-2H3,(H,24,28)(H,25,30)(H,26,29). The second-order valence-corrected chi connectivity index (χ2v) is 8.15. The van der Waals surface area contributed by atoms with E-state index in [0.717, 1.165) is 31.6 Å². The van der Waals surface area contributed by atoms with Crippen molar-refractivity contribution < 1.29 is 18.8 Å². The van der Waals surface area contributed by atoms with Gasteiger partial charge >= 0.3 is 0 Å². The van der Waals surface area contributed by atoms with Crippen LogP contribution in [0.2, 0.25) is 0 Å². The number of amides is 3. The number of benzene rings is 1. The summed E-state index contributed by atoms with van der Waals surface area (Å²) in [6, 6.07) is 11.9. The summed E-state index contributed by atoms with van der Waals surface area (Å²) in [4.78, 5) is 39.4. The van der Waals surface area contributed by atoms with E-state index in [2.05, 4.69) is 20.9 Å². The summed E-state index contributed by atoms with van der Waals surface area (Å²) in [5, 5.41) is 8.70. The molecule has 3 rings (SSSR count). The monoisotopic (exact) mass is 426 g/mol. The van der Waals surface area contributed by atoms with E-state index in [4.69, 9.17) is 4.42 Å². The molecule has 8 heteroatoms. The molecule has 1 unspecified atom stereocenters. The van der Waals surface area contributed by atoms with Crippen LogP contribution in [0.1, 0.15) is 37.2 Å². The van der Waals surface area contributed by atoms with Crippen LogP contribution in [-0.2, 0) is 9.59 Å². The van der Waals surface area contributed by atoms with Crippen LogP contribution in [0.3, 0.4) is 0 Å². The lowest BCUT2D eigenvalue weighted by Crippen LogP contribution is -2.54. The first-order chi connectivity index (χ1) is 14.9. The lowest BCUT2D eigenvalue weighted by molar-refractivity contribution is -0.125. The second kappa shape index (κ2) is 10.8. The van der Waals surface area contributed by atoms with Crippen LogP contribution in [0, 0.1) is 5.92 Å². The highest BCUT2D eigenvalue weighted by atomic mass is 16.3. The molecular formula is C23H30N4O4. The molecule has 1 aliphatic heterocycles. The molecule has 2 heterocycles. The zero-order valence-electron chi connectivity index (χ0n) is 18.0. The summed E-state index contributed by atoms with van der Waals surface area (Å²) in [6.07, 6.45) is 2.93. The summed E-state index contributed by atoms with van der Waals surface area (Å²) in [5.74, 6) is -0.538. The molecule has 1 saturated heterocycles. The molecular weight excluding hydrogens is 396 g/mol. The molecule has 0 saturated carbocycles.